The number of benzene rings is 1. The molecular formula is C36H46N2O9. The van der Waals surface area contributed by atoms with Crippen LogP contribution in [0.2, 0.25) is 0 Å². The van der Waals surface area contributed by atoms with Gasteiger partial charge in [-0.05, 0) is 87.4 Å². The second kappa shape index (κ2) is 12.1. The molecule has 0 aliphatic heterocycles. The Hall–Kier alpha value is -3.70. The standard InChI is InChI=1S/C36H46N2O9/c1-16-11-12-18(14-20-15-19(20)13-16)7-5-10-23(40)47-32-24-17(2)21-8-6-9-22(39)25(21)30(41)26(24)33(43)36(46)28(32)29(38(3)4)31(42)27(34(36)44)35(37)45/h6,8-9,16-20,24,28-29,32,39,42-43,46H,5,7,10-15H2,1-4H3,(H2,37,45). The number of esters is 1. The van der Waals surface area contributed by atoms with Crippen molar-refractivity contribution in [2.75, 3.05) is 14.1 Å². The number of aliphatic hydroxyl groups excluding tert-OH is 2. The number of ether oxygens (including phenoxy) is 1. The largest absolute Gasteiger partial charge is 0.510 e. The number of nitrogens with two attached hydrogens (primary N) is 1. The van der Waals surface area contributed by atoms with Crippen molar-refractivity contribution in [2.24, 2.45) is 41.2 Å². The molecule has 5 aliphatic carbocycles. The molecule has 0 saturated heterocycles. The first-order valence-corrected chi connectivity index (χ1v) is 16.8. The Labute approximate surface area is 274 Å². The van der Waals surface area contributed by atoms with Crippen LogP contribution in [0.3, 0.4) is 0 Å². The summed E-state index contributed by atoms with van der Waals surface area (Å²) in [7, 11) is 3.07. The summed E-state index contributed by atoms with van der Waals surface area (Å²) >= 11 is 0. The lowest BCUT2D eigenvalue weighted by Gasteiger charge is -2.54. The highest BCUT2D eigenvalue weighted by Gasteiger charge is 2.68. The number of carbonyl (C=O) groups excluding carboxylic acids is 4. The van der Waals surface area contributed by atoms with Gasteiger partial charge in [-0.2, -0.15) is 0 Å². The summed E-state index contributed by atoms with van der Waals surface area (Å²) in [6, 6.07) is 3.24. The molecule has 47 heavy (non-hydrogen) atoms. The third-order valence-electron chi connectivity index (χ3n) is 11.7. The molecule has 6 rings (SSSR count). The van der Waals surface area contributed by atoms with Crippen molar-refractivity contribution in [3.63, 3.8) is 0 Å². The van der Waals surface area contributed by atoms with Crippen LogP contribution in [-0.4, -0.2) is 80.6 Å². The van der Waals surface area contributed by atoms with Crippen molar-refractivity contribution in [3.05, 3.63) is 52.0 Å². The highest BCUT2D eigenvalue weighted by Crippen LogP contribution is 2.56. The van der Waals surface area contributed by atoms with E-state index in [1.165, 1.54) is 50.7 Å². The molecule has 6 N–H and O–H groups in total. The number of hydrogen-bond acceptors (Lipinski definition) is 10. The van der Waals surface area contributed by atoms with Gasteiger partial charge in [0.05, 0.1) is 17.5 Å². The average molecular weight is 651 g/mol. The van der Waals surface area contributed by atoms with E-state index < -0.39 is 76.0 Å². The lowest BCUT2D eigenvalue weighted by atomic mass is 9.55. The SMILES string of the molecule is CC1CCC(CCCC(=O)OC2C3C(=C(O)C4(O)C(=O)C(C(N)=O)=C(O)C(N(C)C)C24)C(=O)c2c(O)cccc2C3C)CC2CC2C1. The summed E-state index contributed by atoms with van der Waals surface area (Å²) in [4.78, 5) is 55.5. The van der Waals surface area contributed by atoms with E-state index in [4.69, 9.17) is 10.5 Å². The van der Waals surface area contributed by atoms with Crippen molar-refractivity contribution >= 4 is 23.4 Å². The Morgan fingerprint density at radius 1 is 1.04 bits per heavy atom. The van der Waals surface area contributed by atoms with Gasteiger partial charge in [0.2, 0.25) is 5.78 Å². The van der Waals surface area contributed by atoms with E-state index in [-0.39, 0.29) is 23.3 Å². The van der Waals surface area contributed by atoms with Gasteiger partial charge in [-0.3, -0.25) is 24.1 Å². The Balaban J connectivity index is 1.37. The minimum Gasteiger partial charge on any atom is -0.510 e. The minimum atomic E-state index is -2.95. The molecule has 254 valence electrons. The van der Waals surface area contributed by atoms with Gasteiger partial charge in [-0.1, -0.05) is 38.8 Å². The monoisotopic (exact) mass is 650 g/mol. The number of ketones is 2. The summed E-state index contributed by atoms with van der Waals surface area (Å²) in [5.41, 5.74) is 1.58. The van der Waals surface area contributed by atoms with Crippen LogP contribution >= 0.6 is 0 Å². The fourth-order valence-corrected chi connectivity index (χ4v) is 9.29. The van der Waals surface area contributed by atoms with Gasteiger partial charge in [0.1, 0.15) is 28.9 Å². The van der Waals surface area contributed by atoms with Crippen LogP contribution in [0.4, 0.5) is 0 Å². The zero-order valence-corrected chi connectivity index (χ0v) is 27.4. The second-order valence-corrected chi connectivity index (χ2v) is 14.9. The fourth-order valence-electron chi connectivity index (χ4n) is 9.29. The van der Waals surface area contributed by atoms with Crippen LogP contribution in [0.15, 0.2) is 40.9 Å². The van der Waals surface area contributed by atoms with Crippen LogP contribution in [0.25, 0.3) is 0 Å². The van der Waals surface area contributed by atoms with Crippen LogP contribution in [-0.2, 0) is 19.1 Å². The van der Waals surface area contributed by atoms with Gasteiger partial charge in [-0.15, -0.1) is 0 Å². The normalized spacial score (nSPS) is 36.5. The van der Waals surface area contributed by atoms with Gasteiger partial charge in [0.15, 0.2) is 11.4 Å². The van der Waals surface area contributed by atoms with E-state index in [1.54, 1.807) is 19.1 Å². The molecule has 2 fully saturated rings. The number of aliphatic hydroxyl groups is 3. The maximum atomic E-state index is 14.0. The third-order valence-corrected chi connectivity index (χ3v) is 11.7. The van der Waals surface area contributed by atoms with Crippen LogP contribution in [0, 0.1) is 35.5 Å². The number of hydrogen-bond donors (Lipinski definition) is 5. The summed E-state index contributed by atoms with van der Waals surface area (Å²) in [5, 5.41) is 45.9. The second-order valence-electron chi connectivity index (χ2n) is 14.9. The first kappa shape index (κ1) is 33.2. The lowest BCUT2D eigenvalue weighted by molar-refractivity contribution is -0.181. The molecule has 1 aromatic rings. The number of primary amides is 1. The Kier molecular flexibility index (Phi) is 8.53. The Morgan fingerprint density at radius 2 is 1.74 bits per heavy atom. The highest BCUT2D eigenvalue weighted by molar-refractivity contribution is 6.25. The number of carbonyl (C=O) groups is 4. The van der Waals surface area contributed by atoms with E-state index >= 15 is 0 Å². The molecule has 11 heteroatoms. The predicted octanol–water partition coefficient (Wildman–Crippen LogP) is 3.84. The van der Waals surface area contributed by atoms with Crippen LogP contribution < -0.4 is 5.73 Å². The number of aromatic hydroxyl groups is 1. The summed E-state index contributed by atoms with van der Waals surface area (Å²) in [5.74, 6) is -6.60. The average Bonchev–Trinajstić information content (AvgIpc) is 3.71. The first-order valence-electron chi connectivity index (χ1n) is 16.8. The van der Waals surface area contributed by atoms with E-state index in [0.717, 1.165) is 24.7 Å². The smallest absolute Gasteiger partial charge is 0.306 e. The number of rotatable bonds is 7. The van der Waals surface area contributed by atoms with Gasteiger partial charge in [0.25, 0.3) is 5.91 Å². The van der Waals surface area contributed by atoms with Gasteiger partial charge in [0, 0.05) is 17.9 Å². The fraction of sp³-hybridized carbons (Fsp3) is 0.611. The van der Waals surface area contributed by atoms with E-state index in [0.29, 0.717) is 23.8 Å². The van der Waals surface area contributed by atoms with Crippen molar-refractivity contribution < 1.29 is 44.3 Å². The highest BCUT2D eigenvalue weighted by atomic mass is 16.5. The van der Waals surface area contributed by atoms with Crippen molar-refractivity contribution in [1.82, 2.24) is 4.90 Å². The van der Waals surface area contributed by atoms with Crippen molar-refractivity contribution in [1.29, 1.82) is 0 Å². The number of amides is 1. The number of Topliss-reactive ketones (excluding diaryl/α,β-unsaturated/α-hetero) is 2. The molecular weight excluding hydrogens is 604 g/mol. The molecule has 0 spiro atoms. The number of nitrogens with zero attached hydrogens (tertiary/aromatic N) is 1. The summed E-state index contributed by atoms with van der Waals surface area (Å²) in [6.07, 6.45) is 6.18. The Bertz CT molecular complexity index is 1580. The molecule has 2 saturated carbocycles. The lowest BCUT2D eigenvalue weighted by Crippen LogP contribution is -2.69. The molecule has 10 unspecified atom stereocenters. The van der Waals surface area contributed by atoms with Gasteiger partial charge < -0.3 is 30.9 Å². The van der Waals surface area contributed by atoms with Gasteiger partial charge in [-0.25, -0.2) is 0 Å². The molecule has 10 atom stereocenters. The predicted molar refractivity (Wildman–Crippen MR) is 170 cm³/mol. The van der Waals surface area contributed by atoms with Crippen molar-refractivity contribution in [2.45, 2.75) is 88.9 Å². The summed E-state index contributed by atoms with van der Waals surface area (Å²) < 4.78 is 6.17. The van der Waals surface area contributed by atoms with Gasteiger partial charge >= 0.3 is 5.97 Å². The molecule has 1 aromatic carbocycles. The number of phenols is 1. The Morgan fingerprint density at radius 3 is 2.43 bits per heavy atom. The van der Waals surface area contributed by atoms with E-state index in [2.05, 4.69) is 6.92 Å². The molecule has 11 nitrogen and oxygen atoms in total. The number of fused-ring (bicyclic) bond motifs is 4. The maximum Gasteiger partial charge on any atom is 0.306 e. The topological polar surface area (TPSA) is 188 Å². The zero-order chi connectivity index (χ0) is 34.1. The number of likely N-dealkylation sites (N-methyl/N-ethyl adjacent to an activating group) is 1. The molecule has 0 aromatic heterocycles. The zero-order valence-electron chi connectivity index (χ0n) is 27.4. The van der Waals surface area contributed by atoms with Crippen LogP contribution in [0.1, 0.15) is 87.1 Å². The quantitative estimate of drug-likeness (QED) is 0.214. The molecule has 0 bridgehead atoms. The molecule has 1 amide bonds. The number of phenolic OH excluding ortho intramolecular Hbond substituents is 1. The molecule has 0 radical (unpaired) electrons. The van der Waals surface area contributed by atoms with E-state index in [1.807, 2.05) is 0 Å². The van der Waals surface area contributed by atoms with Crippen LogP contribution in [0.5, 0.6) is 5.75 Å². The minimum absolute atomic E-state index is 0.0637. The first-order chi connectivity index (χ1) is 22.2. The summed E-state index contributed by atoms with van der Waals surface area (Å²) in [6.45, 7) is 4.06. The molecule has 0 heterocycles. The van der Waals surface area contributed by atoms with E-state index in [9.17, 15) is 39.6 Å². The maximum absolute atomic E-state index is 14.0. The third kappa shape index (κ3) is 5.35. The van der Waals surface area contributed by atoms with Crippen molar-refractivity contribution in [3.8, 4) is 5.75 Å². The molecule has 5 aliphatic rings.